The third-order valence-electron chi connectivity index (χ3n) is 7.57. The number of nitrogens with zero attached hydrogens (tertiary/aromatic N) is 5. The highest BCUT2D eigenvalue weighted by molar-refractivity contribution is 7.15. The van der Waals surface area contributed by atoms with E-state index in [9.17, 15) is 9.59 Å². The van der Waals surface area contributed by atoms with E-state index < -0.39 is 5.60 Å². The standard InChI is InChI=1S/C30H39N5O4S/c1-30(2,3)39-29(37)35(18-21-7-5-8-21)24-9-6-11-33(19-24)23-10-12-34(27(36)14-23)20-26-17-32-28(40-26)22-13-25(38-4)16-31-15-22/h10,12-17,21,24H,5-9,11,18-20H2,1-4H3/t24-/m1/s1. The van der Waals surface area contributed by atoms with Gasteiger partial charge in [-0.25, -0.2) is 9.78 Å². The maximum absolute atomic E-state index is 13.2. The van der Waals surface area contributed by atoms with Gasteiger partial charge in [-0.3, -0.25) is 9.78 Å². The second kappa shape index (κ2) is 12.0. The summed E-state index contributed by atoms with van der Waals surface area (Å²) in [5.41, 5.74) is 1.19. The second-order valence-electron chi connectivity index (χ2n) is 11.8. The molecular weight excluding hydrogens is 526 g/mol. The van der Waals surface area contributed by atoms with Gasteiger partial charge in [0.1, 0.15) is 16.4 Å². The largest absolute Gasteiger partial charge is 0.495 e. The van der Waals surface area contributed by atoms with Crippen molar-refractivity contribution in [2.45, 2.75) is 71.1 Å². The summed E-state index contributed by atoms with van der Waals surface area (Å²) in [6.07, 6.45) is 12.3. The van der Waals surface area contributed by atoms with Crippen LogP contribution in [-0.4, -0.2) is 63.9 Å². The van der Waals surface area contributed by atoms with Gasteiger partial charge in [0.15, 0.2) is 0 Å². The monoisotopic (exact) mass is 565 g/mol. The van der Waals surface area contributed by atoms with Crippen LogP contribution in [0.15, 0.2) is 47.8 Å². The van der Waals surface area contributed by atoms with E-state index in [-0.39, 0.29) is 17.7 Å². The molecule has 5 rings (SSSR count). The number of aromatic nitrogens is 3. The summed E-state index contributed by atoms with van der Waals surface area (Å²) in [6, 6.07) is 5.67. The molecule has 0 spiro atoms. The fourth-order valence-electron chi connectivity index (χ4n) is 5.24. The van der Waals surface area contributed by atoms with E-state index in [0.29, 0.717) is 24.8 Å². The molecule has 214 valence electrons. The summed E-state index contributed by atoms with van der Waals surface area (Å²) < 4.78 is 12.8. The lowest BCUT2D eigenvalue weighted by Crippen LogP contribution is -2.53. The Morgan fingerprint density at radius 1 is 1.15 bits per heavy atom. The van der Waals surface area contributed by atoms with Gasteiger partial charge < -0.3 is 23.8 Å². The number of hydrogen-bond donors (Lipinski definition) is 0. The molecule has 0 unspecified atom stereocenters. The lowest BCUT2D eigenvalue weighted by molar-refractivity contribution is 0.00736. The Bertz CT molecular complexity index is 1380. The van der Waals surface area contributed by atoms with E-state index in [1.807, 2.05) is 50.2 Å². The van der Waals surface area contributed by atoms with Crippen LogP contribution in [0.25, 0.3) is 10.6 Å². The normalized spacial score (nSPS) is 17.8. The lowest BCUT2D eigenvalue weighted by atomic mass is 9.84. The zero-order valence-corrected chi connectivity index (χ0v) is 24.7. The van der Waals surface area contributed by atoms with Gasteiger partial charge in [0.2, 0.25) is 0 Å². The minimum Gasteiger partial charge on any atom is -0.495 e. The highest BCUT2D eigenvalue weighted by Crippen LogP contribution is 2.31. The highest BCUT2D eigenvalue weighted by Gasteiger charge is 2.34. The van der Waals surface area contributed by atoms with Crippen molar-refractivity contribution in [3.8, 4) is 16.3 Å². The van der Waals surface area contributed by atoms with E-state index in [1.54, 1.807) is 30.1 Å². The second-order valence-corrected chi connectivity index (χ2v) is 12.9. The van der Waals surface area contributed by atoms with Crippen LogP contribution >= 0.6 is 11.3 Å². The number of hydrogen-bond acceptors (Lipinski definition) is 8. The average molecular weight is 566 g/mol. The van der Waals surface area contributed by atoms with E-state index >= 15 is 0 Å². The molecule has 1 aliphatic heterocycles. The van der Waals surface area contributed by atoms with Gasteiger partial charge in [0.25, 0.3) is 5.56 Å². The van der Waals surface area contributed by atoms with Crippen molar-refractivity contribution >= 4 is 23.1 Å². The van der Waals surface area contributed by atoms with E-state index in [2.05, 4.69) is 14.9 Å². The number of carbonyl (C=O) groups excluding carboxylic acids is 1. The molecule has 10 heteroatoms. The first-order chi connectivity index (χ1) is 19.2. The Labute approximate surface area is 239 Å². The minimum absolute atomic E-state index is 0.0592. The molecule has 1 aliphatic carbocycles. The van der Waals surface area contributed by atoms with Crippen LogP contribution in [0.1, 0.15) is 57.8 Å². The number of anilines is 1. The van der Waals surface area contributed by atoms with Crippen molar-refractivity contribution < 1.29 is 14.3 Å². The van der Waals surface area contributed by atoms with Gasteiger partial charge in [0, 0.05) is 60.4 Å². The number of amides is 1. The van der Waals surface area contributed by atoms with Crippen LogP contribution < -0.4 is 15.2 Å². The van der Waals surface area contributed by atoms with Crippen molar-refractivity contribution in [1.82, 2.24) is 19.4 Å². The number of thiazole rings is 1. The van der Waals surface area contributed by atoms with Crippen LogP contribution in [0.5, 0.6) is 5.75 Å². The van der Waals surface area contributed by atoms with Crippen LogP contribution in [0, 0.1) is 5.92 Å². The maximum atomic E-state index is 13.2. The van der Waals surface area contributed by atoms with Crippen molar-refractivity contribution in [3.63, 3.8) is 0 Å². The maximum Gasteiger partial charge on any atom is 0.410 e. The van der Waals surface area contributed by atoms with Gasteiger partial charge in [-0.05, 0) is 64.5 Å². The molecule has 3 aromatic rings. The zero-order chi connectivity index (χ0) is 28.3. The fraction of sp³-hybridized carbons (Fsp3) is 0.533. The number of piperidine rings is 1. The molecule has 0 radical (unpaired) electrons. The Hall–Kier alpha value is -3.40. The van der Waals surface area contributed by atoms with Gasteiger partial charge in [-0.15, -0.1) is 11.3 Å². The molecule has 0 bridgehead atoms. The Kier molecular flexibility index (Phi) is 8.44. The first-order valence-electron chi connectivity index (χ1n) is 14.1. The number of carbonyl (C=O) groups is 1. The minimum atomic E-state index is -0.530. The molecule has 9 nitrogen and oxygen atoms in total. The Morgan fingerprint density at radius 3 is 2.67 bits per heavy atom. The first-order valence-corrected chi connectivity index (χ1v) is 14.9. The molecule has 1 amide bonds. The summed E-state index contributed by atoms with van der Waals surface area (Å²) in [5.74, 6) is 1.23. The van der Waals surface area contributed by atoms with Crippen molar-refractivity contribution in [2.24, 2.45) is 5.92 Å². The van der Waals surface area contributed by atoms with Crippen LogP contribution in [-0.2, 0) is 11.3 Å². The molecular formula is C30H39N5O4S. The molecule has 0 aromatic carbocycles. The summed E-state index contributed by atoms with van der Waals surface area (Å²) in [6.45, 7) is 8.50. The summed E-state index contributed by atoms with van der Waals surface area (Å²) >= 11 is 1.54. The van der Waals surface area contributed by atoms with Crippen molar-refractivity contribution in [2.75, 3.05) is 31.6 Å². The van der Waals surface area contributed by atoms with Crippen molar-refractivity contribution in [3.05, 3.63) is 58.2 Å². The molecule has 40 heavy (non-hydrogen) atoms. The number of methoxy groups -OCH3 is 1. The Balaban J connectivity index is 1.27. The van der Waals surface area contributed by atoms with E-state index in [4.69, 9.17) is 9.47 Å². The third-order valence-corrected chi connectivity index (χ3v) is 8.60. The third kappa shape index (κ3) is 6.83. The average Bonchev–Trinajstić information content (AvgIpc) is 3.37. The van der Waals surface area contributed by atoms with Gasteiger partial charge in [-0.1, -0.05) is 6.42 Å². The molecule has 1 atom stereocenters. The van der Waals surface area contributed by atoms with E-state index in [1.165, 1.54) is 30.6 Å². The molecule has 3 aromatic heterocycles. The topological polar surface area (TPSA) is 89.8 Å². The fourth-order valence-corrected chi connectivity index (χ4v) is 6.14. The van der Waals surface area contributed by atoms with Gasteiger partial charge in [0.05, 0.1) is 25.9 Å². The smallest absolute Gasteiger partial charge is 0.410 e. The molecule has 1 saturated carbocycles. The quantitative estimate of drug-likeness (QED) is 0.360. The predicted molar refractivity (Wildman–Crippen MR) is 157 cm³/mol. The summed E-state index contributed by atoms with van der Waals surface area (Å²) in [7, 11) is 1.61. The number of pyridine rings is 2. The molecule has 2 fully saturated rings. The predicted octanol–water partition coefficient (Wildman–Crippen LogP) is 5.43. The first kappa shape index (κ1) is 28.1. The molecule has 4 heterocycles. The number of ether oxygens (including phenoxy) is 2. The summed E-state index contributed by atoms with van der Waals surface area (Å²) in [4.78, 5) is 40.2. The van der Waals surface area contributed by atoms with Crippen LogP contribution in [0.3, 0.4) is 0 Å². The molecule has 1 saturated heterocycles. The SMILES string of the molecule is COc1cncc(-c2ncc(Cn3ccc(N4CCC[C@@H](N(CC5CCC5)C(=O)OC(C)(C)C)C4)cc3=O)s2)c1. The highest BCUT2D eigenvalue weighted by atomic mass is 32.1. The lowest BCUT2D eigenvalue weighted by Gasteiger charge is -2.43. The van der Waals surface area contributed by atoms with Gasteiger partial charge in [-0.2, -0.15) is 0 Å². The zero-order valence-electron chi connectivity index (χ0n) is 23.8. The van der Waals surface area contributed by atoms with E-state index in [0.717, 1.165) is 47.1 Å². The summed E-state index contributed by atoms with van der Waals surface area (Å²) in [5, 5.41) is 0.835. The van der Waals surface area contributed by atoms with Crippen molar-refractivity contribution in [1.29, 1.82) is 0 Å². The molecule has 2 aliphatic rings. The Morgan fingerprint density at radius 2 is 1.98 bits per heavy atom. The number of rotatable bonds is 8. The van der Waals surface area contributed by atoms with Crippen LogP contribution in [0.2, 0.25) is 0 Å². The van der Waals surface area contributed by atoms with Crippen LogP contribution in [0.4, 0.5) is 10.5 Å². The molecule has 0 N–H and O–H groups in total. The van der Waals surface area contributed by atoms with Gasteiger partial charge >= 0.3 is 6.09 Å².